The van der Waals surface area contributed by atoms with Gasteiger partial charge in [-0.1, -0.05) is 13.3 Å². The van der Waals surface area contributed by atoms with Crippen molar-refractivity contribution in [3.05, 3.63) is 23.4 Å². The molecule has 2 unspecified atom stereocenters. The van der Waals surface area contributed by atoms with E-state index in [9.17, 15) is 10.2 Å². The van der Waals surface area contributed by atoms with Crippen LogP contribution in [0, 0.1) is 5.92 Å². The molecule has 0 spiro atoms. The first-order chi connectivity index (χ1) is 9.13. The van der Waals surface area contributed by atoms with Crippen LogP contribution in [0.2, 0.25) is 0 Å². The minimum Gasteiger partial charge on any atom is -0.393 e. The van der Waals surface area contributed by atoms with E-state index >= 15 is 0 Å². The van der Waals surface area contributed by atoms with Gasteiger partial charge in [-0.25, -0.2) is 4.98 Å². The maximum Gasteiger partial charge on any atom is 0.129 e. The maximum absolute atomic E-state index is 9.67. The highest BCUT2D eigenvalue weighted by molar-refractivity contribution is 5.44. The number of aryl methyl sites for hydroxylation is 1. The van der Waals surface area contributed by atoms with Crippen molar-refractivity contribution in [1.29, 1.82) is 0 Å². The van der Waals surface area contributed by atoms with Crippen LogP contribution < -0.4 is 4.90 Å². The van der Waals surface area contributed by atoms with Gasteiger partial charge in [0.05, 0.1) is 12.7 Å². The molecule has 1 saturated heterocycles. The summed E-state index contributed by atoms with van der Waals surface area (Å²) in [5.74, 6) is 1.27. The number of anilines is 1. The Balaban J connectivity index is 2.17. The summed E-state index contributed by atoms with van der Waals surface area (Å²) in [5, 5.41) is 19.0. The van der Waals surface area contributed by atoms with E-state index in [4.69, 9.17) is 0 Å². The normalized spacial score (nSPS) is 20.8. The average molecular weight is 264 g/mol. The summed E-state index contributed by atoms with van der Waals surface area (Å²) in [6.45, 7) is 5.83. The zero-order chi connectivity index (χ0) is 13.8. The summed E-state index contributed by atoms with van der Waals surface area (Å²) < 4.78 is 0. The van der Waals surface area contributed by atoms with Crippen LogP contribution in [0.5, 0.6) is 0 Å². The minimum absolute atomic E-state index is 0.0555. The van der Waals surface area contributed by atoms with Gasteiger partial charge in [-0.05, 0) is 37.5 Å². The van der Waals surface area contributed by atoms with E-state index < -0.39 is 0 Å². The Bertz CT molecular complexity index is 421. The molecule has 4 heteroatoms. The molecule has 2 heterocycles. The molecule has 2 atom stereocenters. The van der Waals surface area contributed by atoms with Crippen molar-refractivity contribution in [3.8, 4) is 0 Å². The lowest BCUT2D eigenvalue weighted by Crippen LogP contribution is -2.25. The Morgan fingerprint density at radius 3 is 2.84 bits per heavy atom. The molecule has 1 aliphatic rings. The number of hydrogen-bond donors (Lipinski definition) is 2. The van der Waals surface area contributed by atoms with Crippen LogP contribution >= 0.6 is 0 Å². The highest BCUT2D eigenvalue weighted by atomic mass is 16.3. The Morgan fingerprint density at radius 2 is 2.26 bits per heavy atom. The molecule has 1 aromatic rings. The number of rotatable bonds is 5. The van der Waals surface area contributed by atoms with E-state index in [-0.39, 0.29) is 12.7 Å². The first-order valence-electron chi connectivity index (χ1n) is 7.17. The number of aromatic nitrogens is 1. The molecule has 1 aromatic heterocycles. The van der Waals surface area contributed by atoms with Gasteiger partial charge in [0.25, 0.3) is 0 Å². The lowest BCUT2D eigenvalue weighted by atomic mass is 10.0. The van der Waals surface area contributed by atoms with Gasteiger partial charge in [0.1, 0.15) is 5.82 Å². The van der Waals surface area contributed by atoms with Crippen LogP contribution in [0.15, 0.2) is 12.1 Å². The molecule has 1 fully saturated rings. The Morgan fingerprint density at radius 1 is 1.47 bits per heavy atom. The van der Waals surface area contributed by atoms with Crippen molar-refractivity contribution in [2.45, 2.75) is 45.8 Å². The standard InChI is InChI=1S/C15H24N2O2/c1-3-4-14-7-12(10-18)8-15(16-14)17-6-5-13(9-17)11(2)19/h7-8,11,13,18-19H,3-6,9-10H2,1-2H3. The summed E-state index contributed by atoms with van der Waals surface area (Å²) in [6.07, 6.45) is 2.74. The van der Waals surface area contributed by atoms with Gasteiger partial charge in [0.2, 0.25) is 0 Å². The van der Waals surface area contributed by atoms with Gasteiger partial charge in [-0.15, -0.1) is 0 Å². The second kappa shape index (κ2) is 6.35. The van der Waals surface area contributed by atoms with Crippen LogP contribution in [-0.4, -0.2) is 34.4 Å². The van der Waals surface area contributed by atoms with Crippen molar-refractivity contribution >= 4 is 5.82 Å². The Kier molecular flexibility index (Phi) is 4.77. The van der Waals surface area contributed by atoms with Crippen molar-refractivity contribution < 1.29 is 10.2 Å². The van der Waals surface area contributed by atoms with Crippen molar-refractivity contribution in [2.24, 2.45) is 5.92 Å². The lowest BCUT2D eigenvalue weighted by Gasteiger charge is -2.20. The highest BCUT2D eigenvalue weighted by Crippen LogP contribution is 2.25. The number of aliphatic hydroxyl groups excluding tert-OH is 2. The molecule has 0 saturated carbocycles. The molecule has 0 bridgehead atoms. The fourth-order valence-electron chi connectivity index (χ4n) is 2.66. The molecule has 19 heavy (non-hydrogen) atoms. The number of nitrogens with zero attached hydrogens (tertiary/aromatic N) is 2. The second-order valence-corrected chi connectivity index (χ2v) is 5.47. The van der Waals surface area contributed by atoms with Gasteiger partial charge < -0.3 is 15.1 Å². The predicted molar refractivity (Wildman–Crippen MR) is 76.2 cm³/mol. The van der Waals surface area contributed by atoms with E-state index in [1.165, 1.54) is 0 Å². The van der Waals surface area contributed by atoms with Crippen molar-refractivity contribution in [1.82, 2.24) is 4.98 Å². The monoisotopic (exact) mass is 264 g/mol. The topological polar surface area (TPSA) is 56.6 Å². The van der Waals surface area contributed by atoms with Gasteiger partial charge in [-0.2, -0.15) is 0 Å². The fourth-order valence-corrected chi connectivity index (χ4v) is 2.66. The molecule has 0 aromatic carbocycles. The van der Waals surface area contributed by atoms with E-state index in [1.54, 1.807) is 0 Å². The maximum atomic E-state index is 9.67. The highest BCUT2D eigenvalue weighted by Gasteiger charge is 2.27. The quantitative estimate of drug-likeness (QED) is 0.850. The number of hydrogen-bond acceptors (Lipinski definition) is 4. The molecule has 1 aliphatic heterocycles. The third kappa shape index (κ3) is 3.45. The van der Waals surface area contributed by atoms with Gasteiger partial charge in [-0.3, -0.25) is 0 Å². The summed E-state index contributed by atoms with van der Waals surface area (Å²) in [5.41, 5.74) is 1.97. The van der Waals surface area contributed by atoms with Gasteiger partial charge >= 0.3 is 0 Å². The third-order valence-corrected chi connectivity index (χ3v) is 3.84. The van der Waals surface area contributed by atoms with Crippen LogP contribution in [0.4, 0.5) is 5.82 Å². The second-order valence-electron chi connectivity index (χ2n) is 5.47. The van der Waals surface area contributed by atoms with Crippen molar-refractivity contribution in [3.63, 3.8) is 0 Å². The molecule has 0 radical (unpaired) electrons. The van der Waals surface area contributed by atoms with E-state index in [0.29, 0.717) is 5.92 Å². The smallest absolute Gasteiger partial charge is 0.129 e. The summed E-state index contributed by atoms with van der Waals surface area (Å²) >= 11 is 0. The van der Waals surface area contributed by atoms with Crippen LogP contribution in [0.25, 0.3) is 0 Å². The zero-order valence-corrected chi connectivity index (χ0v) is 11.8. The van der Waals surface area contributed by atoms with E-state index in [0.717, 1.165) is 49.4 Å². The zero-order valence-electron chi connectivity index (χ0n) is 11.8. The van der Waals surface area contributed by atoms with Crippen LogP contribution in [0.3, 0.4) is 0 Å². The third-order valence-electron chi connectivity index (χ3n) is 3.84. The molecule has 2 N–H and O–H groups in total. The average Bonchev–Trinajstić information content (AvgIpc) is 2.88. The summed E-state index contributed by atoms with van der Waals surface area (Å²) in [7, 11) is 0. The predicted octanol–water partition coefficient (Wildman–Crippen LogP) is 1.73. The molecular weight excluding hydrogens is 240 g/mol. The molecular formula is C15H24N2O2. The molecule has 4 nitrogen and oxygen atoms in total. The lowest BCUT2D eigenvalue weighted by molar-refractivity contribution is 0.136. The van der Waals surface area contributed by atoms with Gasteiger partial charge in [0.15, 0.2) is 0 Å². The largest absolute Gasteiger partial charge is 0.393 e. The van der Waals surface area contributed by atoms with Crippen molar-refractivity contribution in [2.75, 3.05) is 18.0 Å². The summed E-state index contributed by atoms with van der Waals surface area (Å²) in [4.78, 5) is 6.90. The first-order valence-corrected chi connectivity index (χ1v) is 7.17. The van der Waals surface area contributed by atoms with Crippen LogP contribution in [-0.2, 0) is 13.0 Å². The Labute approximate surface area is 115 Å². The fraction of sp³-hybridized carbons (Fsp3) is 0.667. The molecule has 106 valence electrons. The van der Waals surface area contributed by atoms with Gasteiger partial charge in [0, 0.05) is 24.7 Å². The Hall–Kier alpha value is -1.13. The number of pyridine rings is 1. The number of aliphatic hydroxyl groups is 2. The molecule has 0 amide bonds. The summed E-state index contributed by atoms with van der Waals surface area (Å²) in [6, 6.07) is 3.94. The van der Waals surface area contributed by atoms with E-state index in [2.05, 4.69) is 16.8 Å². The molecule has 0 aliphatic carbocycles. The van der Waals surface area contributed by atoms with Crippen LogP contribution in [0.1, 0.15) is 37.9 Å². The molecule has 2 rings (SSSR count). The minimum atomic E-state index is -0.263. The SMILES string of the molecule is CCCc1cc(CO)cc(N2CCC(C(C)O)C2)n1. The first kappa shape index (κ1) is 14.3. The van der Waals surface area contributed by atoms with E-state index in [1.807, 2.05) is 19.1 Å².